The fourth-order valence-corrected chi connectivity index (χ4v) is 1.44. The van der Waals surface area contributed by atoms with Gasteiger partial charge in [-0.15, -0.1) is 0 Å². The zero-order chi connectivity index (χ0) is 8.85. The van der Waals surface area contributed by atoms with Crippen LogP contribution in [0.2, 0.25) is 0 Å². The van der Waals surface area contributed by atoms with Crippen molar-refractivity contribution in [3.8, 4) is 0 Å². The highest BCUT2D eigenvalue weighted by atomic mass is 79.9. The molecule has 0 aromatic rings. The molecule has 0 bridgehead atoms. The van der Waals surface area contributed by atoms with E-state index in [0.717, 1.165) is 16.7 Å². The Kier molecular flexibility index (Phi) is 6.31. The molecule has 0 spiro atoms. The maximum Gasteiger partial charge on any atom is 0.0168 e. The first-order valence-corrected chi connectivity index (χ1v) is 5.63. The van der Waals surface area contributed by atoms with E-state index in [1.807, 2.05) is 0 Å². The van der Waals surface area contributed by atoms with Gasteiger partial charge in [-0.2, -0.15) is 0 Å². The van der Waals surface area contributed by atoms with Gasteiger partial charge in [-0.3, -0.25) is 0 Å². The average Bonchev–Trinajstić information content (AvgIpc) is 1.98. The molecule has 11 heavy (non-hydrogen) atoms. The van der Waals surface area contributed by atoms with E-state index in [1.54, 1.807) is 0 Å². The molecule has 0 aliphatic rings. The fourth-order valence-electron chi connectivity index (χ4n) is 1.18. The van der Waals surface area contributed by atoms with Gasteiger partial charge < -0.3 is 0 Å². The van der Waals surface area contributed by atoms with Gasteiger partial charge in [0, 0.05) is 4.83 Å². The van der Waals surface area contributed by atoms with Gasteiger partial charge in [-0.05, 0) is 24.7 Å². The molecule has 0 saturated carbocycles. The molecule has 2 unspecified atom stereocenters. The predicted molar refractivity (Wildman–Crippen MR) is 56.2 cm³/mol. The molecule has 0 N–H and O–H groups in total. The molecule has 0 aliphatic carbocycles. The monoisotopic (exact) mass is 220 g/mol. The molecule has 0 nitrogen and oxygen atoms in total. The van der Waals surface area contributed by atoms with Crippen LogP contribution in [-0.4, -0.2) is 4.83 Å². The van der Waals surface area contributed by atoms with Crippen LogP contribution in [0.15, 0.2) is 0 Å². The molecule has 0 aromatic heterocycles. The Morgan fingerprint density at radius 3 is 2.00 bits per heavy atom. The second-order valence-electron chi connectivity index (χ2n) is 3.87. The van der Waals surface area contributed by atoms with E-state index in [2.05, 4.69) is 43.6 Å². The molecule has 1 heteroatoms. The Morgan fingerprint density at radius 2 is 1.64 bits per heavy atom. The van der Waals surface area contributed by atoms with E-state index in [-0.39, 0.29) is 0 Å². The summed E-state index contributed by atoms with van der Waals surface area (Å²) in [5.74, 6) is 1.69. The second-order valence-corrected chi connectivity index (χ2v) is 5.05. The van der Waals surface area contributed by atoms with Gasteiger partial charge in [0.1, 0.15) is 0 Å². The lowest BCUT2D eigenvalue weighted by Gasteiger charge is -2.17. The van der Waals surface area contributed by atoms with Gasteiger partial charge in [-0.1, -0.05) is 50.0 Å². The van der Waals surface area contributed by atoms with Crippen LogP contribution in [-0.2, 0) is 0 Å². The third kappa shape index (κ3) is 5.72. The van der Waals surface area contributed by atoms with Crippen molar-refractivity contribution < 1.29 is 0 Å². The Hall–Kier alpha value is 0.480. The van der Waals surface area contributed by atoms with Crippen LogP contribution in [0.4, 0.5) is 0 Å². The average molecular weight is 221 g/mol. The lowest BCUT2D eigenvalue weighted by Crippen LogP contribution is -2.10. The number of alkyl halides is 1. The quantitative estimate of drug-likeness (QED) is 0.609. The first-order valence-electron chi connectivity index (χ1n) is 4.72. The lowest BCUT2D eigenvalue weighted by molar-refractivity contribution is 0.437. The predicted octanol–water partition coefficient (Wildman–Crippen LogP) is 4.23. The summed E-state index contributed by atoms with van der Waals surface area (Å²) >= 11 is 3.69. The Bertz CT molecular complexity index is 88.9. The standard InChI is InChI=1S/C10H21Br/c1-5-10(11)9(4)7-6-8(2)3/h8-10H,5-7H2,1-4H3. The third-order valence-electron chi connectivity index (χ3n) is 2.21. The Labute approximate surface area is 79.9 Å². The molecule has 0 radical (unpaired) electrons. The lowest BCUT2D eigenvalue weighted by atomic mass is 9.96. The molecule has 0 heterocycles. The summed E-state index contributed by atoms with van der Waals surface area (Å²) in [4.78, 5) is 0.723. The SMILES string of the molecule is CCC(Br)C(C)CCC(C)C. The Balaban J connectivity index is 3.43. The smallest absolute Gasteiger partial charge is 0.0168 e. The minimum atomic E-state index is 0.723. The molecular weight excluding hydrogens is 200 g/mol. The van der Waals surface area contributed by atoms with Crippen molar-refractivity contribution in [2.45, 2.75) is 51.8 Å². The van der Waals surface area contributed by atoms with E-state index < -0.39 is 0 Å². The molecule has 2 atom stereocenters. The summed E-state index contributed by atoms with van der Waals surface area (Å²) in [6, 6.07) is 0. The summed E-state index contributed by atoms with van der Waals surface area (Å²) in [7, 11) is 0. The second kappa shape index (κ2) is 6.05. The van der Waals surface area contributed by atoms with Crippen LogP contribution in [0.5, 0.6) is 0 Å². The van der Waals surface area contributed by atoms with Crippen molar-refractivity contribution in [2.24, 2.45) is 11.8 Å². The van der Waals surface area contributed by atoms with Crippen LogP contribution >= 0.6 is 15.9 Å². The zero-order valence-corrected chi connectivity index (χ0v) is 9.82. The number of halogens is 1. The summed E-state index contributed by atoms with van der Waals surface area (Å²) in [6.45, 7) is 9.17. The maximum atomic E-state index is 3.69. The Morgan fingerprint density at radius 1 is 1.09 bits per heavy atom. The zero-order valence-electron chi connectivity index (χ0n) is 8.23. The molecule has 0 rings (SSSR count). The summed E-state index contributed by atoms with van der Waals surface area (Å²) < 4.78 is 0. The van der Waals surface area contributed by atoms with Crippen LogP contribution in [0.25, 0.3) is 0 Å². The normalized spacial score (nSPS) is 16.9. The number of rotatable bonds is 5. The van der Waals surface area contributed by atoms with Crippen LogP contribution < -0.4 is 0 Å². The minimum Gasteiger partial charge on any atom is -0.0888 e. The van der Waals surface area contributed by atoms with E-state index >= 15 is 0 Å². The number of hydrogen-bond donors (Lipinski definition) is 0. The topological polar surface area (TPSA) is 0 Å². The van der Waals surface area contributed by atoms with E-state index in [9.17, 15) is 0 Å². The van der Waals surface area contributed by atoms with Gasteiger partial charge in [0.2, 0.25) is 0 Å². The third-order valence-corrected chi connectivity index (χ3v) is 3.76. The molecule has 0 aliphatic heterocycles. The fraction of sp³-hybridized carbons (Fsp3) is 1.00. The highest BCUT2D eigenvalue weighted by Gasteiger charge is 2.11. The van der Waals surface area contributed by atoms with Crippen molar-refractivity contribution in [2.75, 3.05) is 0 Å². The molecule has 0 amide bonds. The molecule has 0 aromatic carbocycles. The van der Waals surface area contributed by atoms with Gasteiger partial charge >= 0.3 is 0 Å². The highest BCUT2D eigenvalue weighted by molar-refractivity contribution is 9.09. The van der Waals surface area contributed by atoms with Crippen molar-refractivity contribution in [3.63, 3.8) is 0 Å². The summed E-state index contributed by atoms with van der Waals surface area (Å²) in [5.41, 5.74) is 0. The van der Waals surface area contributed by atoms with E-state index in [0.29, 0.717) is 0 Å². The molecule has 0 saturated heterocycles. The van der Waals surface area contributed by atoms with Crippen molar-refractivity contribution in [1.29, 1.82) is 0 Å². The first-order chi connectivity index (χ1) is 5.07. The highest BCUT2D eigenvalue weighted by Crippen LogP contribution is 2.22. The van der Waals surface area contributed by atoms with E-state index in [1.165, 1.54) is 19.3 Å². The van der Waals surface area contributed by atoms with Crippen LogP contribution in [0, 0.1) is 11.8 Å². The molecular formula is C10H21Br. The first kappa shape index (κ1) is 11.5. The summed E-state index contributed by atoms with van der Waals surface area (Å²) in [5, 5.41) is 0. The van der Waals surface area contributed by atoms with Crippen LogP contribution in [0.1, 0.15) is 47.0 Å². The van der Waals surface area contributed by atoms with Crippen molar-refractivity contribution >= 4 is 15.9 Å². The van der Waals surface area contributed by atoms with Gasteiger partial charge in [0.15, 0.2) is 0 Å². The molecule has 0 fully saturated rings. The largest absolute Gasteiger partial charge is 0.0888 e. The van der Waals surface area contributed by atoms with Gasteiger partial charge in [0.05, 0.1) is 0 Å². The van der Waals surface area contributed by atoms with Crippen LogP contribution in [0.3, 0.4) is 0 Å². The number of hydrogen-bond acceptors (Lipinski definition) is 0. The molecule has 68 valence electrons. The van der Waals surface area contributed by atoms with Crippen molar-refractivity contribution in [1.82, 2.24) is 0 Å². The van der Waals surface area contributed by atoms with Crippen molar-refractivity contribution in [3.05, 3.63) is 0 Å². The van der Waals surface area contributed by atoms with Gasteiger partial charge in [0.25, 0.3) is 0 Å². The van der Waals surface area contributed by atoms with Gasteiger partial charge in [-0.25, -0.2) is 0 Å². The summed E-state index contributed by atoms with van der Waals surface area (Å²) in [6.07, 6.45) is 3.98. The minimum absolute atomic E-state index is 0.723. The van der Waals surface area contributed by atoms with E-state index in [4.69, 9.17) is 0 Å². The maximum absolute atomic E-state index is 3.69.